The molecule has 1 aliphatic rings. The first-order chi connectivity index (χ1) is 17.2. The van der Waals surface area contributed by atoms with Crippen molar-refractivity contribution >= 4 is 22.9 Å². The van der Waals surface area contributed by atoms with E-state index in [1.807, 2.05) is 102 Å². The van der Waals surface area contributed by atoms with Gasteiger partial charge in [0.25, 0.3) is 5.69 Å². The van der Waals surface area contributed by atoms with Gasteiger partial charge in [0, 0.05) is 23.3 Å². The highest BCUT2D eigenvalue weighted by Gasteiger charge is 2.31. The Balaban J connectivity index is 1.63. The van der Waals surface area contributed by atoms with Crippen molar-refractivity contribution in [3.8, 4) is 16.9 Å². The third kappa shape index (κ3) is 3.69. The summed E-state index contributed by atoms with van der Waals surface area (Å²) in [6.07, 6.45) is 0. The highest BCUT2D eigenvalue weighted by atomic mass is 16.6. The summed E-state index contributed by atoms with van der Waals surface area (Å²) in [5.74, 6) is 0.843. The lowest BCUT2D eigenvalue weighted by Crippen LogP contribution is -2.12. The molecular weight excluding hydrogens is 438 g/mol. The highest BCUT2D eigenvalue weighted by Crippen LogP contribution is 2.45. The summed E-state index contributed by atoms with van der Waals surface area (Å²) < 4.78 is 1.93. The molecule has 0 aliphatic carbocycles. The molecule has 4 aromatic carbocycles. The number of nitro benzene ring substituents is 1. The molecule has 0 bridgehead atoms. The highest BCUT2D eigenvalue weighted by molar-refractivity contribution is 5.84. The number of hydrogen-bond donors (Lipinski definition) is 2. The molecule has 0 amide bonds. The Morgan fingerprint density at radius 1 is 0.771 bits per heavy atom. The second kappa shape index (κ2) is 8.46. The minimum Gasteiger partial charge on any atom is -0.372 e. The van der Waals surface area contributed by atoms with Crippen LogP contribution in [0.4, 0.5) is 22.9 Å². The molecule has 7 nitrogen and oxygen atoms in total. The Labute approximate surface area is 201 Å². The summed E-state index contributed by atoms with van der Waals surface area (Å²) in [5, 5.41) is 23.6. The van der Waals surface area contributed by atoms with Crippen LogP contribution in [0.3, 0.4) is 0 Å². The maximum absolute atomic E-state index is 11.3. The summed E-state index contributed by atoms with van der Waals surface area (Å²) in [5.41, 5.74) is 6.54. The summed E-state index contributed by atoms with van der Waals surface area (Å²) in [4.78, 5) is 10.9. The number of benzene rings is 4. The van der Waals surface area contributed by atoms with Crippen LogP contribution in [-0.4, -0.2) is 14.7 Å². The lowest BCUT2D eigenvalue weighted by molar-refractivity contribution is -0.384. The number of nitro groups is 1. The fourth-order valence-electron chi connectivity index (χ4n) is 4.50. The molecule has 170 valence electrons. The molecule has 0 spiro atoms. The van der Waals surface area contributed by atoms with Crippen molar-refractivity contribution in [2.24, 2.45) is 0 Å². The molecule has 0 saturated heterocycles. The molecule has 0 unspecified atom stereocenters. The van der Waals surface area contributed by atoms with Crippen molar-refractivity contribution in [1.29, 1.82) is 0 Å². The van der Waals surface area contributed by atoms with Gasteiger partial charge in [-0.15, -0.1) is 0 Å². The van der Waals surface area contributed by atoms with E-state index >= 15 is 0 Å². The lowest BCUT2D eigenvalue weighted by atomic mass is 9.95. The maximum Gasteiger partial charge on any atom is 0.269 e. The largest absolute Gasteiger partial charge is 0.372 e. The van der Waals surface area contributed by atoms with Gasteiger partial charge in [-0.05, 0) is 42.0 Å². The number of nitrogens with one attached hydrogen (secondary N) is 2. The standard InChI is InChI=1S/C28H21N5O2/c34-33(35)22-17-15-20(16-18-22)26-25-27(19-9-3-1-4-10-19)31-32(21-11-5-2-6-12-21)28(25)30-24-14-8-7-13-23(24)29-26/h1-18,26,29-30H/t26-/m0/s1. The SMILES string of the molecule is O=[N+]([O-])c1ccc([C@@H]2Nc3ccccc3Nc3c2c(-c2ccccc2)nn3-c2ccccc2)cc1. The Hall–Kier alpha value is -4.91. The average molecular weight is 460 g/mol. The van der Waals surface area contributed by atoms with Crippen LogP contribution in [0.25, 0.3) is 16.9 Å². The van der Waals surface area contributed by atoms with Crippen LogP contribution in [0.15, 0.2) is 109 Å². The van der Waals surface area contributed by atoms with Crippen molar-refractivity contribution in [3.63, 3.8) is 0 Å². The van der Waals surface area contributed by atoms with Crippen LogP contribution in [0.1, 0.15) is 17.2 Å². The molecule has 1 atom stereocenters. The van der Waals surface area contributed by atoms with Crippen molar-refractivity contribution in [3.05, 3.63) is 130 Å². The van der Waals surface area contributed by atoms with Gasteiger partial charge >= 0.3 is 0 Å². The Morgan fingerprint density at radius 2 is 1.40 bits per heavy atom. The summed E-state index contributed by atoms with van der Waals surface area (Å²) in [6.45, 7) is 0. The smallest absolute Gasteiger partial charge is 0.269 e. The van der Waals surface area contributed by atoms with Crippen LogP contribution in [-0.2, 0) is 0 Å². The Bertz CT molecular complexity index is 1510. The molecular formula is C28H21N5O2. The van der Waals surface area contributed by atoms with Gasteiger partial charge in [0.1, 0.15) is 11.5 Å². The molecule has 7 heteroatoms. The van der Waals surface area contributed by atoms with E-state index < -0.39 is 0 Å². The van der Waals surface area contributed by atoms with Crippen molar-refractivity contribution in [1.82, 2.24) is 9.78 Å². The molecule has 0 fully saturated rings. The summed E-state index contributed by atoms with van der Waals surface area (Å²) in [7, 11) is 0. The molecule has 0 radical (unpaired) electrons. The predicted octanol–water partition coefficient (Wildman–Crippen LogP) is 6.71. The number of rotatable bonds is 4. The van der Waals surface area contributed by atoms with E-state index in [4.69, 9.17) is 5.10 Å². The van der Waals surface area contributed by atoms with Crippen LogP contribution >= 0.6 is 0 Å². The van der Waals surface area contributed by atoms with E-state index in [0.29, 0.717) is 0 Å². The maximum atomic E-state index is 11.3. The molecule has 0 saturated carbocycles. The van der Waals surface area contributed by atoms with E-state index in [1.165, 1.54) is 0 Å². The van der Waals surface area contributed by atoms with Gasteiger partial charge in [0.05, 0.1) is 28.0 Å². The number of fused-ring (bicyclic) bond motifs is 2. The second-order valence-corrected chi connectivity index (χ2v) is 8.32. The Morgan fingerprint density at radius 3 is 2.09 bits per heavy atom. The molecule has 1 aliphatic heterocycles. The number of aromatic nitrogens is 2. The van der Waals surface area contributed by atoms with E-state index in [2.05, 4.69) is 10.6 Å². The van der Waals surface area contributed by atoms with E-state index in [0.717, 1.165) is 45.3 Å². The number of hydrogen-bond acceptors (Lipinski definition) is 5. The van der Waals surface area contributed by atoms with Crippen LogP contribution in [0, 0.1) is 10.1 Å². The molecule has 1 aromatic heterocycles. The van der Waals surface area contributed by atoms with Gasteiger partial charge in [-0.3, -0.25) is 10.1 Å². The van der Waals surface area contributed by atoms with Gasteiger partial charge in [-0.25, -0.2) is 4.68 Å². The number of anilines is 3. The summed E-state index contributed by atoms with van der Waals surface area (Å²) >= 11 is 0. The average Bonchev–Trinajstić information content (AvgIpc) is 3.19. The van der Waals surface area contributed by atoms with Gasteiger partial charge in [-0.1, -0.05) is 60.7 Å². The second-order valence-electron chi connectivity index (χ2n) is 8.32. The predicted molar refractivity (Wildman–Crippen MR) is 137 cm³/mol. The zero-order chi connectivity index (χ0) is 23.8. The Kier molecular flexibility index (Phi) is 5.00. The van der Waals surface area contributed by atoms with E-state index in [9.17, 15) is 10.1 Å². The zero-order valence-corrected chi connectivity index (χ0v) is 18.6. The van der Waals surface area contributed by atoms with Gasteiger partial charge in [0.15, 0.2) is 0 Å². The van der Waals surface area contributed by atoms with Crippen LogP contribution in [0.5, 0.6) is 0 Å². The molecule has 5 aromatic rings. The van der Waals surface area contributed by atoms with Crippen molar-refractivity contribution in [2.75, 3.05) is 10.6 Å². The minimum atomic E-state index is -0.380. The molecule has 2 heterocycles. The fourth-order valence-corrected chi connectivity index (χ4v) is 4.50. The van der Waals surface area contributed by atoms with Gasteiger partial charge in [0.2, 0.25) is 0 Å². The van der Waals surface area contributed by atoms with Crippen molar-refractivity contribution in [2.45, 2.75) is 6.04 Å². The quantitative estimate of drug-likeness (QED) is 0.231. The van der Waals surface area contributed by atoms with Crippen LogP contribution in [0.2, 0.25) is 0 Å². The fraction of sp³-hybridized carbons (Fsp3) is 0.0357. The molecule has 35 heavy (non-hydrogen) atoms. The molecule has 6 rings (SSSR count). The summed E-state index contributed by atoms with van der Waals surface area (Å²) in [6, 6.07) is 34.5. The van der Waals surface area contributed by atoms with Crippen molar-refractivity contribution < 1.29 is 4.92 Å². The van der Waals surface area contributed by atoms with E-state index in [1.54, 1.807) is 12.1 Å². The first kappa shape index (κ1) is 20.7. The lowest BCUT2D eigenvalue weighted by Gasteiger charge is -2.20. The van der Waals surface area contributed by atoms with Crippen LogP contribution < -0.4 is 10.6 Å². The topological polar surface area (TPSA) is 85.0 Å². The van der Waals surface area contributed by atoms with Gasteiger partial charge in [-0.2, -0.15) is 5.10 Å². The number of para-hydroxylation sites is 3. The minimum absolute atomic E-state index is 0.0596. The van der Waals surface area contributed by atoms with E-state index in [-0.39, 0.29) is 16.7 Å². The number of non-ortho nitro benzene ring substituents is 1. The normalized spacial score (nSPS) is 14.1. The third-order valence-electron chi connectivity index (χ3n) is 6.18. The van der Waals surface area contributed by atoms with Gasteiger partial charge < -0.3 is 10.6 Å². The zero-order valence-electron chi connectivity index (χ0n) is 18.6. The first-order valence-electron chi connectivity index (χ1n) is 11.3. The molecule has 2 N–H and O–H groups in total. The number of nitrogens with zero attached hydrogens (tertiary/aromatic N) is 3. The monoisotopic (exact) mass is 459 g/mol. The first-order valence-corrected chi connectivity index (χ1v) is 11.3. The third-order valence-corrected chi connectivity index (χ3v) is 6.18.